The summed E-state index contributed by atoms with van der Waals surface area (Å²) >= 11 is 0. The van der Waals surface area contributed by atoms with Crippen molar-refractivity contribution in [2.75, 3.05) is 0 Å². The molecule has 1 aliphatic rings. The molecule has 0 aromatic carbocycles. The number of rotatable bonds is 3. The molecule has 15 heavy (non-hydrogen) atoms. The van der Waals surface area contributed by atoms with Crippen molar-refractivity contribution < 1.29 is 4.79 Å². The molecular formula is C10H16N4O. The van der Waals surface area contributed by atoms with E-state index in [-0.39, 0.29) is 17.9 Å². The van der Waals surface area contributed by atoms with Gasteiger partial charge in [0.2, 0.25) is 5.91 Å². The number of aromatic nitrogens is 3. The Bertz CT molecular complexity index is 316. The predicted octanol–water partition coefficient (Wildman–Crippen LogP) is 1.17. The van der Waals surface area contributed by atoms with Gasteiger partial charge in [0.1, 0.15) is 12.2 Å². The normalized spacial score (nSPS) is 19.0. The molecule has 1 fully saturated rings. The van der Waals surface area contributed by atoms with Crippen molar-refractivity contribution in [1.82, 2.24) is 20.5 Å². The summed E-state index contributed by atoms with van der Waals surface area (Å²) in [5.74, 6) is 1.06. The monoisotopic (exact) mass is 208 g/mol. The van der Waals surface area contributed by atoms with Crippen LogP contribution in [0.3, 0.4) is 0 Å². The molecule has 1 amide bonds. The van der Waals surface area contributed by atoms with Crippen molar-refractivity contribution in [3.63, 3.8) is 0 Å². The van der Waals surface area contributed by atoms with Crippen LogP contribution < -0.4 is 5.32 Å². The number of nitrogens with zero attached hydrogens (tertiary/aromatic N) is 2. The number of hydrogen-bond donors (Lipinski definition) is 2. The number of carbonyl (C=O) groups is 1. The lowest BCUT2D eigenvalue weighted by atomic mass is 10.1. The zero-order chi connectivity index (χ0) is 10.7. The van der Waals surface area contributed by atoms with Gasteiger partial charge in [0.05, 0.1) is 6.04 Å². The summed E-state index contributed by atoms with van der Waals surface area (Å²) in [5.41, 5.74) is 0. The van der Waals surface area contributed by atoms with Crippen LogP contribution in [0.2, 0.25) is 0 Å². The maximum atomic E-state index is 11.8. The third-order valence-electron chi connectivity index (χ3n) is 2.93. The molecule has 2 rings (SSSR count). The van der Waals surface area contributed by atoms with Crippen LogP contribution in [-0.4, -0.2) is 21.1 Å². The number of nitrogens with one attached hydrogen (secondary N) is 2. The van der Waals surface area contributed by atoms with E-state index in [4.69, 9.17) is 0 Å². The number of aromatic amines is 1. The van der Waals surface area contributed by atoms with Crippen molar-refractivity contribution in [3.05, 3.63) is 12.2 Å². The molecule has 1 unspecified atom stereocenters. The van der Waals surface area contributed by atoms with Gasteiger partial charge in [-0.15, -0.1) is 0 Å². The summed E-state index contributed by atoms with van der Waals surface area (Å²) < 4.78 is 0. The zero-order valence-corrected chi connectivity index (χ0v) is 8.86. The first kappa shape index (κ1) is 10.1. The number of hydrogen-bond acceptors (Lipinski definition) is 3. The molecule has 0 aliphatic heterocycles. The standard InChI is InChI=1S/C10H16N4O/c1-7(9-11-6-12-14-9)13-10(15)8-4-2-3-5-8/h6-8H,2-5H2,1H3,(H,13,15)(H,11,12,14). The second-order valence-corrected chi connectivity index (χ2v) is 4.08. The minimum absolute atomic E-state index is 0.0828. The van der Waals surface area contributed by atoms with Crippen LogP contribution in [0.4, 0.5) is 0 Å². The van der Waals surface area contributed by atoms with Crippen LogP contribution in [0.25, 0.3) is 0 Å². The largest absolute Gasteiger partial charge is 0.346 e. The van der Waals surface area contributed by atoms with Crippen LogP contribution in [0, 0.1) is 5.92 Å². The minimum atomic E-state index is -0.0828. The average Bonchev–Trinajstić information content (AvgIpc) is 2.91. The van der Waals surface area contributed by atoms with Gasteiger partial charge in [0, 0.05) is 5.92 Å². The number of amides is 1. The third kappa shape index (κ3) is 2.34. The second-order valence-electron chi connectivity index (χ2n) is 4.08. The highest BCUT2D eigenvalue weighted by Crippen LogP contribution is 2.25. The molecule has 5 heteroatoms. The van der Waals surface area contributed by atoms with Gasteiger partial charge in [-0.25, -0.2) is 4.98 Å². The third-order valence-corrected chi connectivity index (χ3v) is 2.93. The van der Waals surface area contributed by atoms with Crippen molar-refractivity contribution in [1.29, 1.82) is 0 Å². The smallest absolute Gasteiger partial charge is 0.223 e. The fourth-order valence-corrected chi connectivity index (χ4v) is 2.01. The first-order chi connectivity index (χ1) is 7.27. The highest BCUT2D eigenvalue weighted by molar-refractivity contribution is 5.79. The Labute approximate surface area is 88.7 Å². The first-order valence-electron chi connectivity index (χ1n) is 5.43. The SMILES string of the molecule is CC(NC(=O)C1CCCC1)c1ncn[nH]1. The Kier molecular flexibility index (Phi) is 2.99. The van der Waals surface area contributed by atoms with Crippen LogP contribution in [0.15, 0.2) is 6.33 Å². The molecule has 5 nitrogen and oxygen atoms in total. The Morgan fingerprint density at radius 2 is 2.33 bits per heavy atom. The van der Waals surface area contributed by atoms with Crippen molar-refractivity contribution >= 4 is 5.91 Å². The molecule has 0 radical (unpaired) electrons. The summed E-state index contributed by atoms with van der Waals surface area (Å²) in [4.78, 5) is 15.8. The summed E-state index contributed by atoms with van der Waals surface area (Å²) in [6, 6.07) is -0.0828. The first-order valence-corrected chi connectivity index (χ1v) is 5.43. The number of H-pyrrole nitrogens is 1. The summed E-state index contributed by atoms with van der Waals surface area (Å²) in [6.07, 6.45) is 5.85. The lowest BCUT2D eigenvalue weighted by molar-refractivity contribution is -0.125. The zero-order valence-electron chi connectivity index (χ0n) is 8.86. The molecule has 82 valence electrons. The molecule has 1 aromatic heterocycles. The maximum Gasteiger partial charge on any atom is 0.223 e. The van der Waals surface area contributed by atoms with Gasteiger partial charge in [0.15, 0.2) is 0 Å². The number of carbonyl (C=O) groups excluding carboxylic acids is 1. The highest BCUT2D eigenvalue weighted by Gasteiger charge is 2.24. The highest BCUT2D eigenvalue weighted by atomic mass is 16.1. The van der Waals surface area contributed by atoms with Crippen LogP contribution in [0.1, 0.15) is 44.5 Å². The van der Waals surface area contributed by atoms with E-state index in [9.17, 15) is 4.79 Å². The van der Waals surface area contributed by atoms with Crippen molar-refractivity contribution in [3.8, 4) is 0 Å². The molecule has 1 aliphatic carbocycles. The van der Waals surface area contributed by atoms with E-state index in [0.29, 0.717) is 5.82 Å². The average molecular weight is 208 g/mol. The van der Waals surface area contributed by atoms with Gasteiger partial charge in [0.25, 0.3) is 0 Å². The second kappa shape index (κ2) is 4.42. The Balaban J connectivity index is 1.88. The van der Waals surface area contributed by atoms with E-state index in [0.717, 1.165) is 12.8 Å². The fourth-order valence-electron chi connectivity index (χ4n) is 2.01. The topological polar surface area (TPSA) is 70.7 Å². The summed E-state index contributed by atoms with van der Waals surface area (Å²) in [7, 11) is 0. The van der Waals surface area contributed by atoms with Gasteiger partial charge in [-0.05, 0) is 19.8 Å². The van der Waals surface area contributed by atoms with Crippen LogP contribution >= 0.6 is 0 Å². The van der Waals surface area contributed by atoms with Gasteiger partial charge in [-0.1, -0.05) is 12.8 Å². The lowest BCUT2D eigenvalue weighted by Crippen LogP contribution is -2.32. The Hall–Kier alpha value is -1.39. The molecule has 1 heterocycles. The van der Waals surface area contributed by atoms with Gasteiger partial charge >= 0.3 is 0 Å². The summed E-state index contributed by atoms with van der Waals surface area (Å²) in [5, 5.41) is 9.47. The van der Waals surface area contributed by atoms with Crippen LogP contribution in [0.5, 0.6) is 0 Å². The maximum absolute atomic E-state index is 11.8. The lowest BCUT2D eigenvalue weighted by Gasteiger charge is -2.14. The molecule has 0 saturated heterocycles. The molecule has 0 bridgehead atoms. The summed E-state index contributed by atoms with van der Waals surface area (Å²) in [6.45, 7) is 1.91. The molecule has 2 N–H and O–H groups in total. The van der Waals surface area contributed by atoms with Gasteiger partial charge in [-0.2, -0.15) is 5.10 Å². The molecule has 0 spiro atoms. The van der Waals surface area contributed by atoms with Crippen molar-refractivity contribution in [2.45, 2.75) is 38.6 Å². The minimum Gasteiger partial charge on any atom is -0.346 e. The van der Waals surface area contributed by atoms with E-state index in [2.05, 4.69) is 20.5 Å². The van der Waals surface area contributed by atoms with Gasteiger partial charge in [-0.3, -0.25) is 9.89 Å². The molecule has 1 atom stereocenters. The molecular weight excluding hydrogens is 192 g/mol. The van der Waals surface area contributed by atoms with Gasteiger partial charge < -0.3 is 5.32 Å². The predicted molar refractivity (Wildman–Crippen MR) is 54.9 cm³/mol. The fraction of sp³-hybridized carbons (Fsp3) is 0.700. The van der Waals surface area contributed by atoms with E-state index in [1.807, 2.05) is 6.92 Å². The molecule has 1 aromatic rings. The van der Waals surface area contributed by atoms with E-state index < -0.39 is 0 Å². The Morgan fingerprint density at radius 1 is 1.60 bits per heavy atom. The van der Waals surface area contributed by atoms with Crippen molar-refractivity contribution in [2.24, 2.45) is 5.92 Å². The van der Waals surface area contributed by atoms with Crippen LogP contribution in [-0.2, 0) is 4.79 Å². The van der Waals surface area contributed by atoms with E-state index in [1.54, 1.807) is 0 Å². The quantitative estimate of drug-likeness (QED) is 0.783. The van der Waals surface area contributed by atoms with E-state index >= 15 is 0 Å². The van der Waals surface area contributed by atoms with E-state index in [1.165, 1.54) is 19.2 Å². The Morgan fingerprint density at radius 3 is 2.93 bits per heavy atom. The molecule has 1 saturated carbocycles.